The van der Waals surface area contributed by atoms with Crippen LogP contribution >= 0.6 is 38.7 Å². The summed E-state index contributed by atoms with van der Waals surface area (Å²) in [5, 5.41) is 0. The summed E-state index contributed by atoms with van der Waals surface area (Å²) in [5.41, 5.74) is 0. The van der Waals surface area contributed by atoms with Crippen LogP contribution in [-0.4, -0.2) is 6.99 Å². The van der Waals surface area contributed by atoms with Crippen molar-refractivity contribution in [3.8, 4) is 0 Å². The predicted molar refractivity (Wildman–Crippen MR) is 40.9 cm³/mol. The Morgan fingerprint density at radius 3 is 2.83 bits per heavy atom. The van der Waals surface area contributed by atoms with Gasteiger partial charge in [0.1, 0.15) is 0 Å². The molecule has 0 aromatic carbocycles. The molecule has 0 aromatic rings. The van der Waals surface area contributed by atoms with Crippen LogP contribution in [0.25, 0.3) is 0 Å². The number of nitrogens with one attached hydrogen (secondary N) is 1. The Kier molecular flexibility index (Phi) is 3.38. The zero-order valence-electron chi connectivity index (χ0n) is 3.05. The Hall–Kier alpha value is 2.15. The van der Waals surface area contributed by atoms with Crippen LogP contribution in [0.3, 0.4) is 0 Å². The number of hydrogen-bond donors (Lipinski definition) is 1. The molecular formula is C2H5I3N-. The van der Waals surface area contributed by atoms with Gasteiger partial charge in [-0.25, -0.2) is 0 Å². The average Bonchev–Trinajstić information content (AvgIpc) is 2.21. The van der Waals surface area contributed by atoms with E-state index in [2.05, 4.69) is 26.1 Å². The van der Waals surface area contributed by atoms with Crippen molar-refractivity contribution in [1.29, 1.82) is 0 Å². The first-order valence-electron chi connectivity index (χ1n) is 1.49. The molecule has 40 valence electrons. The topological polar surface area (TPSA) is 12.0 Å². The fraction of sp³-hybridized carbons (Fsp3) is 1.00. The number of halogens is 3. The van der Waals surface area contributed by atoms with E-state index in [9.17, 15) is 0 Å². The van der Waals surface area contributed by atoms with Gasteiger partial charge >= 0.3 is 66.5 Å². The van der Waals surface area contributed by atoms with E-state index < -0.39 is 0 Å². The molecule has 1 rings (SSSR count). The van der Waals surface area contributed by atoms with Crippen LogP contribution in [0.1, 0.15) is 0 Å². The van der Waals surface area contributed by atoms with E-state index >= 15 is 0 Å². The quantitative estimate of drug-likeness (QED) is 0.243. The second-order valence-corrected chi connectivity index (χ2v) is 19.5. The molecule has 1 heterocycles. The van der Waals surface area contributed by atoms with E-state index in [-0.39, 0.29) is 16.1 Å². The van der Waals surface area contributed by atoms with Gasteiger partial charge in [-0.2, -0.15) is 0 Å². The predicted octanol–water partition coefficient (Wildman–Crippen LogP) is -1.63. The zero-order chi connectivity index (χ0) is 4.41. The molecule has 0 radical (unpaired) electrons. The van der Waals surface area contributed by atoms with Crippen molar-refractivity contribution in [2.24, 2.45) is 0 Å². The van der Waals surface area contributed by atoms with Crippen LogP contribution in [-0.2, 0) is 0 Å². The Morgan fingerprint density at radius 1 is 2.00 bits per heavy atom. The minimum absolute atomic E-state index is 0.205. The fourth-order valence-corrected chi connectivity index (χ4v) is 16.3. The monoisotopic (exact) mass is 424 g/mol. The number of alkyl halides is 3. The third-order valence-electron chi connectivity index (χ3n) is 0.398. The molecule has 0 amide bonds. The summed E-state index contributed by atoms with van der Waals surface area (Å²) in [6, 6.07) is 0. The molecule has 0 saturated carbocycles. The van der Waals surface area contributed by atoms with E-state index in [1.165, 1.54) is 4.55 Å². The van der Waals surface area contributed by atoms with Crippen LogP contribution in [0.2, 0.25) is 0 Å². The first-order chi connectivity index (χ1) is 2.93. The van der Waals surface area contributed by atoms with Gasteiger partial charge < -0.3 is 0 Å². The zero-order valence-corrected chi connectivity index (χ0v) is 9.52. The van der Waals surface area contributed by atoms with Gasteiger partial charge in [0.2, 0.25) is 0 Å². The molecule has 0 atom stereocenters. The Morgan fingerprint density at radius 2 is 2.67 bits per heavy atom. The third kappa shape index (κ3) is 2.46. The summed E-state index contributed by atoms with van der Waals surface area (Å²) in [5.74, 6) is 0. The van der Waals surface area contributed by atoms with Crippen LogP contribution < -0.4 is 20.8 Å². The fourth-order valence-electron chi connectivity index (χ4n) is 0.145. The third-order valence-corrected chi connectivity index (χ3v) is 14.3. The van der Waals surface area contributed by atoms with Crippen molar-refractivity contribution in [2.75, 3.05) is 6.99 Å². The van der Waals surface area contributed by atoms with E-state index in [0.717, 1.165) is 17.2 Å². The number of rotatable bonds is 2. The van der Waals surface area contributed by atoms with E-state index in [1.807, 2.05) is 0 Å². The molecular weight excluding hydrogens is 419 g/mol. The van der Waals surface area contributed by atoms with Crippen molar-refractivity contribution in [1.82, 2.24) is 3.53 Å². The summed E-state index contributed by atoms with van der Waals surface area (Å²) in [4.78, 5) is 0. The molecule has 4 heteroatoms. The second-order valence-electron chi connectivity index (χ2n) is 0.775. The normalized spacial score (nSPS) is 25.8. The molecule has 1 saturated heterocycles. The van der Waals surface area contributed by atoms with Gasteiger partial charge in [0.05, 0.1) is 0 Å². The van der Waals surface area contributed by atoms with Crippen LogP contribution in [0, 0.1) is 0 Å². The summed E-state index contributed by atoms with van der Waals surface area (Å²) in [7, 11) is 0. The van der Waals surface area contributed by atoms with Gasteiger partial charge in [-0.1, -0.05) is 0 Å². The molecule has 0 bridgehead atoms. The Bertz CT molecular complexity index is 44.1. The van der Waals surface area contributed by atoms with Gasteiger partial charge in [0.25, 0.3) is 0 Å². The molecule has 0 spiro atoms. The Balaban J connectivity index is 1.88. The maximum absolute atomic E-state index is 3.51. The summed E-state index contributed by atoms with van der Waals surface area (Å²) < 4.78 is 6.39. The van der Waals surface area contributed by atoms with Gasteiger partial charge in [-0.3, -0.25) is 0 Å². The SMILES string of the molecule is ICNI1C[I-]1. The van der Waals surface area contributed by atoms with Gasteiger partial charge in [0.15, 0.2) is 0 Å². The molecule has 1 nitrogen and oxygen atoms in total. The molecule has 0 aromatic heterocycles. The van der Waals surface area contributed by atoms with Gasteiger partial charge in [-0.05, 0) is 0 Å². The second kappa shape index (κ2) is 3.23. The van der Waals surface area contributed by atoms with E-state index in [1.54, 1.807) is 2.43 Å². The van der Waals surface area contributed by atoms with Crippen LogP contribution in [0.4, 0.5) is 0 Å². The minimum atomic E-state index is -0.205. The van der Waals surface area contributed by atoms with Crippen molar-refractivity contribution in [3.05, 3.63) is 0 Å². The van der Waals surface area contributed by atoms with Gasteiger partial charge in [0, 0.05) is 0 Å². The van der Waals surface area contributed by atoms with E-state index in [0.29, 0.717) is 0 Å². The van der Waals surface area contributed by atoms with Crippen molar-refractivity contribution >= 4 is 38.7 Å². The van der Waals surface area contributed by atoms with Crippen LogP contribution in [0.15, 0.2) is 0 Å². The molecule has 1 fully saturated rings. The summed E-state index contributed by atoms with van der Waals surface area (Å²) in [6.45, 7) is 0. The maximum atomic E-state index is 3.51. The van der Waals surface area contributed by atoms with Crippen LogP contribution in [0.5, 0.6) is 0 Å². The molecule has 0 aliphatic carbocycles. The van der Waals surface area contributed by atoms with Gasteiger partial charge in [-0.15, -0.1) is 0 Å². The first kappa shape index (κ1) is 6.27. The summed E-state index contributed by atoms with van der Waals surface area (Å²) >= 11 is 2.99. The van der Waals surface area contributed by atoms with Crippen molar-refractivity contribution in [2.45, 2.75) is 0 Å². The average molecular weight is 424 g/mol. The summed E-state index contributed by atoms with van der Waals surface area (Å²) in [6.07, 6.45) is 0. The molecule has 1 N–H and O–H groups in total. The molecule has 1 aliphatic heterocycles. The standard InChI is InChI=1S/C2H5I3N/c3-1-6-5-2-4-5/h6H,1-2H2/q-1. The molecule has 0 unspecified atom stereocenters. The molecule has 1 aliphatic rings. The van der Waals surface area contributed by atoms with Crippen molar-refractivity contribution < 1.29 is 17.2 Å². The Labute approximate surface area is 65.2 Å². The first-order valence-corrected chi connectivity index (χ1v) is 13.4. The number of hydrogen-bond acceptors (Lipinski definition) is 1. The van der Waals surface area contributed by atoms with E-state index in [4.69, 9.17) is 0 Å². The molecule has 6 heavy (non-hydrogen) atoms. The van der Waals surface area contributed by atoms with Crippen molar-refractivity contribution in [3.63, 3.8) is 0 Å².